The standard InChI is InChI=1S/C21H22F3NO10/c1-10(26)31-14-15(32-11(2)27)17(33-12(3)28)19(34-16(14)18(29)30-4)35-20(21(22,23)24)25-13-8-6-5-7-9-13/h5-9,14-17,19H,1-4H3. The molecule has 1 aliphatic heterocycles. The molecular weight excluding hydrogens is 483 g/mol. The summed E-state index contributed by atoms with van der Waals surface area (Å²) in [6.07, 6.45) is -14.8. The molecule has 35 heavy (non-hydrogen) atoms. The number of para-hydroxylation sites is 1. The number of nitrogens with zero attached hydrogens (tertiary/aromatic N) is 1. The van der Waals surface area contributed by atoms with Crippen LogP contribution in [0.4, 0.5) is 18.9 Å². The molecule has 0 aliphatic carbocycles. The number of alkyl halides is 3. The summed E-state index contributed by atoms with van der Waals surface area (Å²) in [6, 6.07) is 6.93. The number of ether oxygens (including phenoxy) is 6. The highest BCUT2D eigenvalue weighted by Crippen LogP contribution is 2.32. The van der Waals surface area contributed by atoms with Crippen LogP contribution in [0.2, 0.25) is 0 Å². The van der Waals surface area contributed by atoms with Gasteiger partial charge in [-0.3, -0.25) is 14.4 Å². The first kappa shape index (κ1) is 27.6. The van der Waals surface area contributed by atoms with Gasteiger partial charge in [-0.1, -0.05) is 18.2 Å². The van der Waals surface area contributed by atoms with E-state index in [2.05, 4.69) is 9.73 Å². The number of rotatable bonds is 6. The van der Waals surface area contributed by atoms with Crippen molar-refractivity contribution in [2.24, 2.45) is 4.99 Å². The van der Waals surface area contributed by atoms with Gasteiger partial charge in [-0.2, -0.15) is 13.2 Å². The molecule has 0 saturated carbocycles. The monoisotopic (exact) mass is 505 g/mol. The minimum Gasteiger partial charge on any atom is -0.467 e. The molecule has 1 aromatic rings. The van der Waals surface area contributed by atoms with Crippen LogP contribution < -0.4 is 0 Å². The fraction of sp³-hybridized carbons (Fsp3) is 0.476. The Bertz CT molecular complexity index is 966. The zero-order chi connectivity index (χ0) is 26.3. The summed E-state index contributed by atoms with van der Waals surface area (Å²) < 4.78 is 71.3. The lowest BCUT2D eigenvalue weighted by Gasteiger charge is -2.43. The molecule has 5 unspecified atom stereocenters. The third-order valence-electron chi connectivity index (χ3n) is 4.29. The van der Waals surface area contributed by atoms with E-state index in [1.54, 1.807) is 6.07 Å². The molecule has 0 spiro atoms. The van der Waals surface area contributed by atoms with E-state index in [9.17, 15) is 32.3 Å². The fourth-order valence-corrected chi connectivity index (χ4v) is 3.06. The molecule has 1 aliphatic rings. The lowest BCUT2D eigenvalue weighted by atomic mass is 9.97. The molecule has 0 bridgehead atoms. The topological polar surface area (TPSA) is 136 Å². The summed E-state index contributed by atoms with van der Waals surface area (Å²) in [5.41, 5.74) is -0.140. The van der Waals surface area contributed by atoms with Gasteiger partial charge >= 0.3 is 30.1 Å². The number of esters is 4. The summed E-state index contributed by atoms with van der Waals surface area (Å²) in [4.78, 5) is 50.9. The maximum absolute atomic E-state index is 13.8. The maximum Gasteiger partial charge on any atom is 0.468 e. The molecule has 11 nitrogen and oxygen atoms in total. The quantitative estimate of drug-likeness (QED) is 0.244. The van der Waals surface area contributed by atoms with Crippen LogP contribution in [0.15, 0.2) is 35.3 Å². The van der Waals surface area contributed by atoms with Gasteiger partial charge in [0.2, 0.25) is 12.4 Å². The van der Waals surface area contributed by atoms with Crippen molar-refractivity contribution in [1.29, 1.82) is 0 Å². The van der Waals surface area contributed by atoms with Gasteiger partial charge in [-0.05, 0) is 12.1 Å². The van der Waals surface area contributed by atoms with Crippen molar-refractivity contribution >= 4 is 35.5 Å². The van der Waals surface area contributed by atoms with Crippen molar-refractivity contribution < 1.29 is 60.8 Å². The smallest absolute Gasteiger partial charge is 0.467 e. The van der Waals surface area contributed by atoms with E-state index >= 15 is 0 Å². The first-order valence-corrected chi connectivity index (χ1v) is 9.96. The summed E-state index contributed by atoms with van der Waals surface area (Å²) in [6.45, 7) is 2.81. The van der Waals surface area contributed by atoms with E-state index in [-0.39, 0.29) is 5.69 Å². The van der Waals surface area contributed by atoms with Crippen LogP contribution in [0.3, 0.4) is 0 Å². The Labute approximate surface area is 197 Å². The van der Waals surface area contributed by atoms with E-state index in [1.165, 1.54) is 24.3 Å². The average Bonchev–Trinajstić information content (AvgIpc) is 2.75. The first-order valence-electron chi connectivity index (χ1n) is 9.96. The molecule has 1 fully saturated rings. The van der Waals surface area contributed by atoms with Gasteiger partial charge in [0.1, 0.15) is 0 Å². The minimum absolute atomic E-state index is 0.140. The molecule has 2 rings (SSSR count). The van der Waals surface area contributed by atoms with E-state index < -0.39 is 66.7 Å². The van der Waals surface area contributed by atoms with Crippen LogP contribution in [0, 0.1) is 0 Å². The van der Waals surface area contributed by atoms with Crippen LogP contribution in [0.1, 0.15) is 20.8 Å². The first-order chi connectivity index (χ1) is 16.3. The van der Waals surface area contributed by atoms with Crippen molar-refractivity contribution in [3.05, 3.63) is 30.3 Å². The fourth-order valence-electron chi connectivity index (χ4n) is 3.06. The Morgan fingerprint density at radius 3 is 1.83 bits per heavy atom. The Balaban J connectivity index is 2.59. The van der Waals surface area contributed by atoms with Crippen molar-refractivity contribution in [3.63, 3.8) is 0 Å². The van der Waals surface area contributed by atoms with E-state index in [0.717, 1.165) is 27.9 Å². The molecule has 14 heteroatoms. The van der Waals surface area contributed by atoms with Crippen molar-refractivity contribution in [2.75, 3.05) is 7.11 Å². The van der Waals surface area contributed by atoms with Crippen LogP contribution in [0.25, 0.3) is 0 Å². The average molecular weight is 505 g/mol. The highest BCUT2D eigenvalue weighted by Gasteiger charge is 2.57. The molecule has 1 aromatic carbocycles. The molecular formula is C21H22F3NO10. The molecule has 192 valence electrons. The molecule has 0 amide bonds. The van der Waals surface area contributed by atoms with E-state index in [0.29, 0.717) is 0 Å². The summed E-state index contributed by atoms with van der Waals surface area (Å²) in [7, 11) is 0.934. The summed E-state index contributed by atoms with van der Waals surface area (Å²) >= 11 is 0. The van der Waals surface area contributed by atoms with Gasteiger partial charge in [0.05, 0.1) is 12.8 Å². The van der Waals surface area contributed by atoms with Crippen LogP contribution in [-0.4, -0.2) is 73.8 Å². The zero-order valence-electron chi connectivity index (χ0n) is 18.9. The molecule has 0 N–H and O–H groups in total. The minimum atomic E-state index is -5.16. The van der Waals surface area contributed by atoms with Gasteiger partial charge in [-0.15, -0.1) is 0 Å². The third-order valence-corrected chi connectivity index (χ3v) is 4.29. The number of carbonyl (C=O) groups excluding carboxylic acids is 4. The number of halogens is 3. The Kier molecular flexibility index (Phi) is 9.17. The van der Waals surface area contributed by atoms with Crippen molar-refractivity contribution in [2.45, 2.75) is 57.7 Å². The highest BCUT2D eigenvalue weighted by atomic mass is 19.4. The molecule has 1 heterocycles. The van der Waals surface area contributed by atoms with E-state index in [4.69, 9.17) is 23.7 Å². The van der Waals surface area contributed by atoms with Crippen LogP contribution in [-0.2, 0) is 47.6 Å². The predicted octanol–water partition coefficient (Wildman–Crippen LogP) is 1.99. The normalized spacial score (nSPS) is 24.7. The zero-order valence-corrected chi connectivity index (χ0v) is 18.9. The molecule has 5 atom stereocenters. The Morgan fingerprint density at radius 2 is 1.34 bits per heavy atom. The second-order valence-electron chi connectivity index (χ2n) is 7.04. The predicted molar refractivity (Wildman–Crippen MR) is 108 cm³/mol. The van der Waals surface area contributed by atoms with Gasteiger partial charge in [0, 0.05) is 20.8 Å². The van der Waals surface area contributed by atoms with Crippen LogP contribution in [0.5, 0.6) is 0 Å². The van der Waals surface area contributed by atoms with Crippen molar-refractivity contribution in [1.82, 2.24) is 0 Å². The number of hydrogen-bond donors (Lipinski definition) is 0. The lowest BCUT2D eigenvalue weighted by molar-refractivity contribution is -0.288. The number of carbonyl (C=O) groups is 4. The largest absolute Gasteiger partial charge is 0.468 e. The lowest BCUT2D eigenvalue weighted by Crippen LogP contribution is -2.64. The summed E-state index contributed by atoms with van der Waals surface area (Å²) in [5, 5.41) is 0. The second-order valence-corrected chi connectivity index (χ2v) is 7.04. The Morgan fingerprint density at radius 1 is 0.829 bits per heavy atom. The van der Waals surface area contributed by atoms with Crippen LogP contribution >= 0.6 is 0 Å². The Hall–Kier alpha value is -3.68. The SMILES string of the molecule is COC(=O)C1OC(OC(=Nc2ccccc2)C(F)(F)F)C(OC(C)=O)C(OC(C)=O)C1OC(C)=O. The summed E-state index contributed by atoms with van der Waals surface area (Å²) in [5.74, 6) is -6.01. The van der Waals surface area contributed by atoms with Gasteiger partial charge < -0.3 is 28.4 Å². The number of aliphatic imine (C=N–C) groups is 1. The number of benzene rings is 1. The van der Waals surface area contributed by atoms with Gasteiger partial charge in [0.15, 0.2) is 18.3 Å². The molecule has 0 aromatic heterocycles. The third kappa shape index (κ3) is 7.67. The highest BCUT2D eigenvalue weighted by molar-refractivity contribution is 5.85. The van der Waals surface area contributed by atoms with Crippen molar-refractivity contribution in [3.8, 4) is 0 Å². The van der Waals surface area contributed by atoms with Gasteiger partial charge in [0.25, 0.3) is 5.90 Å². The molecule has 0 radical (unpaired) electrons. The molecule has 1 saturated heterocycles. The maximum atomic E-state index is 13.8. The van der Waals surface area contributed by atoms with E-state index in [1.807, 2.05) is 0 Å². The van der Waals surface area contributed by atoms with Gasteiger partial charge in [-0.25, -0.2) is 9.79 Å². The number of hydrogen-bond acceptors (Lipinski definition) is 11. The number of methoxy groups -OCH3 is 1. The second kappa shape index (κ2) is 11.6.